The lowest BCUT2D eigenvalue weighted by Gasteiger charge is -2.05. The number of hydrogen-bond acceptors (Lipinski definition) is 3. The molecule has 0 saturated heterocycles. The molecular formula is C16H17N3S. The van der Waals surface area contributed by atoms with Gasteiger partial charge in [-0.05, 0) is 43.2 Å². The van der Waals surface area contributed by atoms with Crippen molar-refractivity contribution in [2.24, 2.45) is 0 Å². The number of pyridine rings is 1. The zero-order valence-electron chi connectivity index (χ0n) is 11.6. The molecule has 2 heterocycles. The van der Waals surface area contributed by atoms with E-state index in [0.29, 0.717) is 0 Å². The Labute approximate surface area is 122 Å². The molecule has 4 heteroatoms. The largest absolute Gasteiger partial charge is 0.399 e. The van der Waals surface area contributed by atoms with Crippen LogP contribution in [0.2, 0.25) is 0 Å². The molecule has 0 bridgehead atoms. The van der Waals surface area contributed by atoms with Gasteiger partial charge in [0.25, 0.3) is 0 Å². The molecule has 2 aromatic heterocycles. The topological polar surface area (TPSA) is 43.3 Å². The van der Waals surface area contributed by atoms with E-state index < -0.39 is 0 Å². The van der Waals surface area contributed by atoms with Gasteiger partial charge in [0.15, 0.2) is 0 Å². The minimum absolute atomic E-state index is 0.809. The second kappa shape index (κ2) is 5.21. The summed E-state index contributed by atoms with van der Waals surface area (Å²) in [6.45, 7) is 4.19. The summed E-state index contributed by atoms with van der Waals surface area (Å²) in [5.41, 5.74) is 11.2. The Bertz CT molecular complexity index is 762. The first kappa shape index (κ1) is 13.1. The first-order valence-corrected chi connectivity index (χ1v) is 7.54. The van der Waals surface area contributed by atoms with Gasteiger partial charge >= 0.3 is 0 Å². The first-order chi connectivity index (χ1) is 9.63. The maximum atomic E-state index is 5.84. The highest BCUT2D eigenvalue weighted by atomic mass is 32.2. The van der Waals surface area contributed by atoms with Crippen molar-refractivity contribution in [3.63, 3.8) is 0 Å². The lowest BCUT2D eigenvalue weighted by atomic mass is 10.2. The third kappa shape index (κ3) is 2.51. The quantitative estimate of drug-likeness (QED) is 0.587. The lowest BCUT2D eigenvalue weighted by molar-refractivity contribution is 1.16. The number of rotatable bonds is 3. The number of imidazole rings is 1. The van der Waals surface area contributed by atoms with E-state index in [1.807, 2.05) is 24.4 Å². The molecule has 0 spiro atoms. The van der Waals surface area contributed by atoms with Crippen molar-refractivity contribution in [2.45, 2.75) is 24.5 Å². The number of aromatic nitrogens is 2. The third-order valence-electron chi connectivity index (χ3n) is 3.32. The fraction of sp³-hybridized carbons (Fsp3) is 0.188. The molecule has 102 valence electrons. The number of benzene rings is 1. The summed E-state index contributed by atoms with van der Waals surface area (Å²) in [5.74, 6) is 0.853. The molecule has 20 heavy (non-hydrogen) atoms. The Morgan fingerprint density at radius 3 is 2.85 bits per heavy atom. The molecule has 0 atom stereocenters. The van der Waals surface area contributed by atoms with Crippen LogP contribution in [-0.4, -0.2) is 9.38 Å². The van der Waals surface area contributed by atoms with Crippen LogP contribution in [0.1, 0.15) is 16.8 Å². The Kier molecular flexibility index (Phi) is 3.40. The van der Waals surface area contributed by atoms with Crippen LogP contribution in [0.25, 0.3) is 5.65 Å². The van der Waals surface area contributed by atoms with Gasteiger partial charge in [-0.2, -0.15) is 0 Å². The van der Waals surface area contributed by atoms with Crippen LogP contribution >= 0.6 is 11.8 Å². The Morgan fingerprint density at radius 2 is 2.05 bits per heavy atom. The predicted octanol–water partition coefficient (Wildman–Crippen LogP) is 3.83. The summed E-state index contributed by atoms with van der Waals surface area (Å²) in [6.07, 6.45) is 4.13. The highest BCUT2D eigenvalue weighted by Gasteiger charge is 2.06. The smallest absolute Gasteiger partial charge is 0.139 e. The molecule has 2 N–H and O–H groups in total. The number of nitrogen functional groups attached to an aromatic ring is 1. The maximum Gasteiger partial charge on any atom is 0.139 e. The molecule has 0 aliphatic heterocycles. The summed E-state index contributed by atoms with van der Waals surface area (Å²) >= 11 is 1.78. The van der Waals surface area contributed by atoms with Crippen LogP contribution in [0.3, 0.4) is 0 Å². The van der Waals surface area contributed by atoms with Gasteiger partial charge in [-0.3, -0.25) is 0 Å². The third-order valence-corrected chi connectivity index (χ3v) is 4.51. The molecule has 3 rings (SSSR count). The Morgan fingerprint density at radius 1 is 1.20 bits per heavy atom. The van der Waals surface area contributed by atoms with Gasteiger partial charge in [-0.15, -0.1) is 11.8 Å². The highest BCUT2D eigenvalue weighted by Crippen LogP contribution is 2.27. The van der Waals surface area contributed by atoms with Gasteiger partial charge in [-0.1, -0.05) is 12.1 Å². The summed E-state index contributed by atoms with van der Waals surface area (Å²) in [4.78, 5) is 5.91. The highest BCUT2D eigenvalue weighted by molar-refractivity contribution is 7.98. The second-order valence-corrected chi connectivity index (χ2v) is 5.99. The van der Waals surface area contributed by atoms with Crippen molar-refractivity contribution in [3.8, 4) is 0 Å². The zero-order chi connectivity index (χ0) is 14.1. The molecule has 0 radical (unpaired) electrons. The molecular weight excluding hydrogens is 266 g/mol. The molecule has 3 aromatic rings. The molecule has 0 fully saturated rings. The summed E-state index contributed by atoms with van der Waals surface area (Å²) < 4.78 is 2.08. The van der Waals surface area contributed by atoms with Crippen molar-refractivity contribution in [1.82, 2.24) is 9.38 Å². The molecule has 0 amide bonds. The average Bonchev–Trinajstić information content (AvgIpc) is 2.84. The summed E-state index contributed by atoms with van der Waals surface area (Å²) in [7, 11) is 0. The van der Waals surface area contributed by atoms with Crippen LogP contribution in [0, 0.1) is 13.8 Å². The van der Waals surface area contributed by atoms with Gasteiger partial charge in [0, 0.05) is 28.7 Å². The first-order valence-electron chi connectivity index (χ1n) is 6.55. The van der Waals surface area contributed by atoms with Gasteiger partial charge < -0.3 is 10.1 Å². The van der Waals surface area contributed by atoms with E-state index in [4.69, 9.17) is 10.7 Å². The van der Waals surface area contributed by atoms with E-state index >= 15 is 0 Å². The monoisotopic (exact) mass is 283 g/mol. The van der Waals surface area contributed by atoms with Gasteiger partial charge in [-0.25, -0.2) is 4.98 Å². The van der Waals surface area contributed by atoms with Crippen LogP contribution in [0.5, 0.6) is 0 Å². The lowest BCUT2D eigenvalue weighted by Crippen LogP contribution is -1.88. The van der Waals surface area contributed by atoms with Crippen LogP contribution < -0.4 is 5.73 Å². The number of thioether (sulfide) groups is 1. The Hall–Kier alpha value is -1.94. The number of fused-ring (bicyclic) bond motifs is 1. The van der Waals surface area contributed by atoms with E-state index in [0.717, 1.165) is 22.8 Å². The SMILES string of the molecule is Cc1ccc(N)cc1SCc1cn2cccc(C)c2n1. The zero-order valence-corrected chi connectivity index (χ0v) is 12.4. The van der Waals surface area contributed by atoms with E-state index in [1.165, 1.54) is 16.0 Å². The number of anilines is 1. The standard InChI is InChI=1S/C16H17N3S/c1-11-5-6-13(17)8-15(11)20-10-14-9-19-7-3-4-12(2)16(19)18-14/h3-9H,10,17H2,1-2H3. The second-order valence-electron chi connectivity index (χ2n) is 4.97. The van der Waals surface area contributed by atoms with E-state index in [2.05, 4.69) is 36.6 Å². The van der Waals surface area contributed by atoms with E-state index in [9.17, 15) is 0 Å². The number of nitrogens with zero attached hydrogens (tertiary/aromatic N) is 2. The fourth-order valence-electron chi connectivity index (χ4n) is 2.20. The Balaban J connectivity index is 1.83. The molecule has 0 saturated carbocycles. The normalized spacial score (nSPS) is 11.1. The maximum absolute atomic E-state index is 5.84. The van der Waals surface area contributed by atoms with Gasteiger partial charge in [0.1, 0.15) is 5.65 Å². The molecule has 3 nitrogen and oxygen atoms in total. The fourth-order valence-corrected chi connectivity index (χ4v) is 3.16. The minimum atomic E-state index is 0.809. The van der Waals surface area contributed by atoms with Crippen molar-refractivity contribution >= 4 is 23.1 Å². The van der Waals surface area contributed by atoms with Crippen molar-refractivity contribution in [2.75, 3.05) is 5.73 Å². The number of hydrogen-bond donors (Lipinski definition) is 1. The number of aryl methyl sites for hydroxylation is 2. The summed E-state index contributed by atoms with van der Waals surface area (Å²) in [5, 5.41) is 0. The molecule has 0 aliphatic carbocycles. The van der Waals surface area contributed by atoms with Crippen molar-refractivity contribution in [3.05, 3.63) is 59.5 Å². The van der Waals surface area contributed by atoms with Gasteiger partial charge in [0.05, 0.1) is 5.69 Å². The van der Waals surface area contributed by atoms with Gasteiger partial charge in [0.2, 0.25) is 0 Å². The van der Waals surface area contributed by atoms with E-state index in [-0.39, 0.29) is 0 Å². The minimum Gasteiger partial charge on any atom is -0.399 e. The molecule has 0 aliphatic rings. The van der Waals surface area contributed by atoms with Crippen LogP contribution in [0.15, 0.2) is 47.6 Å². The average molecular weight is 283 g/mol. The molecule has 0 unspecified atom stereocenters. The summed E-state index contributed by atoms with van der Waals surface area (Å²) in [6, 6.07) is 10.2. The number of nitrogens with two attached hydrogens (primary N) is 1. The van der Waals surface area contributed by atoms with Crippen molar-refractivity contribution < 1.29 is 0 Å². The van der Waals surface area contributed by atoms with Crippen LogP contribution in [-0.2, 0) is 5.75 Å². The molecule has 1 aromatic carbocycles. The van der Waals surface area contributed by atoms with Crippen LogP contribution in [0.4, 0.5) is 5.69 Å². The predicted molar refractivity (Wildman–Crippen MR) is 85.1 cm³/mol. The van der Waals surface area contributed by atoms with E-state index in [1.54, 1.807) is 11.8 Å². The van der Waals surface area contributed by atoms with Crippen molar-refractivity contribution in [1.29, 1.82) is 0 Å².